The van der Waals surface area contributed by atoms with E-state index < -0.39 is 0 Å². The van der Waals surface area contributed by atoms with Gasteiger partial charge < -0.3 is 0 Å². The molecule has 0 heterocycles. The minimum absolute atomic E-state index is 1.16. The van der Waals surface area contributed by atoms with Crippen molar-refractivity contribution in [3.05, 3.63) is 30.7 Å². The second-order valence-corrected chi connectivity index (χ2v) is 3.33. The van der Waals surface area contributed by atoms with Crippen LogP contribution in [0.5, 0.6) is 0 Å². The summed E-state index contributed by atoms with van der Waals surface area (Å²) in [4.78, 5) is 0. The highest BCUT2D eigenvalue weighted by Gasteiger charge is 1.87. The standard InChI is InChI=1S/C12H19/c1-2-4-6-8-10-12-11-9-7-5-3-1/h1-2,5,11-12H,3-4,6-10H2/b2-1-,12-11+. The number of hydrogen-bond donors (Lipinski definition) is 0. The van der Waals surface area contributed by atoms with Crippen LogP contribution >= 0.6 is 0 Å². The molecule has 0 aromatic carbocycles. The van der Waals surface area contributed by atoms with Crippen LogP contribution in [-0.4, -0.2) is 0 Å². The second kappa shape index (κ2) is 7.15. The molecular weight excluding hydrogens is 144 g/mol. The summed E-state index contributed by atoms with van der Waals surface area (Å²) in [5, 5.41) is 0. The topological polar surface area (TPSA) is 0 Å². The van der Waals surface area contributed by atoms with Gasteiger partial charge >= 0.3 is 0 Å². The Labute approximate surface area is 76.4 Å². The molecule has 0 fully saturated rings. The summed E-state index contributed by atoms with van der Waals surface area (Å²) in [6.07, 6.45) is 20.5. The molecule has 0 spiro atoms. The second-order valence-electron chi connectivity index (χ2n) is 3.33. The lowest BCUT2D eigenvalue weighted by Gasteiger charge is -1.97. The molecule has 1 aliphatic rings. The minimum atomic E-state index is 1.16. The van der Waals surface area contributed by atoms with Gasteiger partial charge in [-0.1, -0.05) is 24.3 Å². The summed E-state index contributed by atoms with van der Waals surface area (Å²) in [6, 6.07) is 0. The first-order valence-corrected chi connectivity index (χ1v) is 5.12. The zero-order valence-corrected chi connectivity index (χ0v) is 7.84. The van der Waals surface area contributed by atoms with Crippen LogP contribution in [0, 0.1) is 6.42 Å². The van der Waals surface area contributed by atoms with Gasteiger partial charge in [0, 0.05) is 0 Å². The molecule has 12 heavy (non-hydrogen) atoms. The fourth-order valence-corrected chi connectivity index (χ4v) is 1.40. The minimum Gasteiger partial charge on any atom is -0.0885 e. The molecule has 1 radical (unpaired) electrons. The summed E-state index contributed by atoms with van der Waals surface area (Å²) < 4.78 is 0. The highest BCUT2D eigenvalue weighted by molar-refractivity contribution is 4.90. The van der Waals surface area contributed by atoms with E-state index in [2.05, 4.69) is 30.7 Å². The van der Waals surface area contributed by atoms with Crippen LogP contribution in [-0.2, 0) is 0 Å². The lowest BCUT2D eigenvalue weighted by molar-refractivity contribution is 0.756. The van der Waals surface area contributed by atoms with Crippen molar-refractivity contribution in [1.29, 1.82) is 0 Å². The van der Waals surface area contributed by atoms with Gasteiger partial charge in [0.2, 0.25) is 0 Å². The Hall–Kier alpha value is -0.520. The Morgan fingerprint density at radius 2 is 1.25 bits per heavy atom. The third-order valence-corrected chi connectivity index (χ3v) is 2.17. The molecule has 0 heteroatoms. The molecule has 1 rings (SSSR count). The third-order valence-electron chi connectivity index (χ3n) is 2.17. The summed E-state index contributed by atoms with van der Waals surface area (Å²) >= 11 is 0. The lowest BCUT2D eigenvalue weighted by atomic mass is 10.1. The smallest absolute Gasteiger partial charge is 0.0319 e. The largest absolute Gasteiger partial charge is 0.0885 e. The van der Waals surface area contributed by atoms with Crippen LogP contribution < -0.4 is 0 Å². The lowest BCUT2D eigenvalue weighted by Crippen LogP contribution is -1.78. The maximum Gasteiger partial charge on any atom is -0.0319 e. The predicted octanol–water partition coefficient (Wildman–Crippen LogP) is 4.05. The molecule has 0 saturated carbocycles. The van der Waals surface area contributed by atoms with Gasteiger partial charge in [-0.15, -0.1) is 0 Å². The van der Waals surface area contributed by atoms with Crippen LogP contribution in [0.4, 0.5) is 0 Å². The summed E-state index contributed by atoms with van der Waals surface area (Å²) in [5.74, 6) is 0. The van der Waals surface area contributed by atoms with Gasteiger partial charge in [-0.05, 0) is 51.4 Å². The summed E-state index contributed by atoms with van der Waals surface area (Å²) in [5.41, 5.74) is 0. The molecular formula is C12H19. The van der Waals surface area contributed by atoms with Crippen molar-refractivity contribution < 1.29 is 0 Å². The van der Waals surface area contributed by atoms with E-state index in [1.54, 1.807) is 0 Å². The number of hydrogen-bond acceptors (Lipinski definition) is 0. The maximum absolute atomic E-state index is 2.36. The molecule has 0 saturated heterocycles. The Bertz CT molecular complexity index is 108. The van der Waals surface area contributed by atoms with E-state index >= 15 is 0 Å². The van der Waals surface area contributed by atoms with Crippen LogP contribution in [0.2, 0.25) is 0 Å². The molecule has 0 aliphatic heterocycles. The zero-order valence-electron chi connectivity index (χ0n) is 7.84. The quantitative estimate of drug-likeness (QED) is 0.473. The Morgan fingerprint density at radius 3 is 2.08 bits per heavy atom. The highest BCUT2D eigenvalue weighted by Crippen LogP contribution is 2.07. The van der Waals surface area contributed by atoms with Crippen molar-refractivity contribution in [3.8, 4) is 0 Å². The average Bonchev–Trinajstić information content (AvgIpc) is 2.05. The van der Waals surface area contributed by atoms with Crippen molar-refractivity contribution in [2.75, 3.05) is 0 Å². The number of allylic oxidation sites excluding steroid dienone is 4. The van der Waals surface area contributed by atoms with Crippen molar-refractivity contribution in [3.63, 3.8) is 0 Å². The molecule has 0 atom stereocenters. The monoisotopic (exact) mass is 163 g/mol. The van der Waals surface area contributed by atoms with Crippen LogP contribution in [0.15, 0.2) is 24.3 Å². The summed E-state index contributed by atoms with van der Waals surface area (Å²) in [7, 11) is 0. The molecule has 0 bridgehead atoms. The highest BCUT2D eigenvalue weighted by atomic mass is 13.9. The fourth-order valence-electron chi connectivity index (χ4n) is 1.40. The normalized spacial score (nSPS) is 26.7. The Morgan fingerprint density at radius 1 is 0.583 bits per heavy atom. The van der Waals surface area contributed by atoms with Crippen LogP contribution in [0.25, 0.3) is 0 Å². The van der Waals surface area contributed by atoms with Crippen LogP contribution in [0.3, 0.4) is 0 Å². The molecule has 0 aromatic heterocycles. The van der Waals surface area contributed by atoms with E-state index in [9.17, 15) is 0 Å². The third kappa shape index (κ3) is 5.17. The van der Waals surface area contributed by atoms with Crippen molar-refractivity contribution >= 4 is 0 Å². The van der Waals surface area contributed by atoms with Gasteiger partial charge in [0.05, 0.1) is 0 Å². The SMILES string of the molecule is [CH]1C/C=C\CCCC/C=C/CC1. The Balaban J connectivity index is 2.18. The van der Waals surface area contributed by atoms with E-state index in [0.717, 1.165) is 6.42 Å². The van der Waals surface area contributed by atoms with E-state index in [1.165, 1.54) is 38.5 Å². The fraction of sp³-hybridized carbons (Fsp3) is 0.583. The number of rotatable bonds is 0. The van der Waals surface area contributed by atoms with Gasteiger partial charge in [-0.3, -0.25) is 0 Å². The first-order chi connectivity index (χ1) is 6.00. The predicted molar refractivity (Wildman–Crippen MR) is 54.9 cm³/mol. The van der Waals surface area contributed by atoms with Crippen molar-refractivity contribution in [2.45, 2.75) is 44.9 Å². The summed E-state index contributed by atoms with van der Waals surface area (Å²) in [6.45, 7) is 0. The molecule has 0 N–H and O–H groups in total. The van der Waals surface area contributed by atoms with Crippen molar-refractivity contribution in [1.82, 2.24) is 0 Å². The maximum atomic E-state index is 2.36. The van der Waals surface area contributed by atoms with Gasteiger partial charge in [0.15, 0.2) is 0 Å². The van der Waals surface area contributed by atoms with Crippen molar-refractivity contribution in [2.24, 2.45) is 0 Å². The average molecular weight is 163 g/mol. The zero-order chi connectivity index (χ0) is 8.49. The molecule has 0 nitrogen and oxygen atoms in total. The van der Waals surface area contributed by atoms with E-state index in [-0.39, 0.29) is 0 Å². The molecule has 0 aromatic rings. The first kappa shape index (κ1) is 9.57. The van der Waals surface area contributed by atoms with Gasteiger partial charge in [-0.25, -0.2) is 0 Å². The first-order valence-electron chi connectivity index (χ1n) is 5.12. The van der Waals surface area contributed by atoms with Gasteiger partial charge in [0.1, 0.15) is 0 Å². The molecule has 1 aliphatic carbocycles. The molecule has 0 unspecified atom stereocenters. The molecule has 67 valence electrons. The van der Waals surface area contributed by atoms with E-state index in [0.29, 0.717) is 0 Å². The van der Waals surface area contributed by atoms with Gasteiger partial charge in [0.25, 0.3) is 0 Å². The van der Waals surface area contributed by atoms with E-state index in [1.807, 2.05) is 0 Å². The Kier molecular flexibility index (Phi) is 5.70. The van der Waals surface area contributed by atoms with Crippen LogP contribution in [0.1, 0.15) is 44.9 Å². The molecule has 0 amide bonds. The van der Waals surface area contributed by atoms with E-state index in [4.69, 9.17) is 0 Å². The van der Waals surface area contributed by atoms with Gasteiger partial charge in [-0.2, -0.15) is 0 Å².